The number of oxazole rings is 1. The molecular formula is C17H20N2O4. The predicted octanol–water partition coefficient (Wildman–Crippen LogP) is 2.10. The lowest BCUT2D eigenvalue weighted by atomic mass is 10.2. The van der Waals surface area contributed by atoms with E-state index in [1.165, 1.54) is 7.11 Å². The summed E-state index contributed by atoms with van der Waals surface area (Å²) in [5.74, 6) is 1.02. The van der Waals surface area contributed by atoms with Gasteiger partial charge in [-0.1, -0.05) is 30.3 Å². The van der Waals surface area contributed by atoms with Gasteiger partial charge in [0.05, 0.1) is 26.0 Å². The van der Waals surface area contributed by atoms with Gasteiger partial charge in [-0.3, -0.25) is 4.90 Å². The van der Waals surface area contributed by atoms with Gasteiger partial charge in [0.15, 0.2) is 11.9 Å². The summed E-state index contributed by atoms with van der Waals surface area (Å²) in [7, 11) is 1.37. The highest BCUT2D eigenvalue weighted by molar-refractivity contribution is 5.75. The number of morpholine rings is 1. The lowest BCUT2D eigenvalue weighted by Crippen LogP contribution is -2.49. The maximum Gasteiger partial charge on any atom is 0.336 e. The number of carbonyl (C=O) groups is 1. The van der Waals surface area contributed by atoms with Crippen LogP contribution in [-0.4, -0.2) is 48.3 Å². The van der Waals surface area contributed by atoms with E-state index >= 15 is 0 Å². The first-order valence-electron chi connectivity index (χ1n) is 7.61. The number of benzene rings is 1. The van der Waals surface area contributed by atoms with Crippen LogP contribution >= 0.6 is 0 Å². The van der Waals surface area contributed by atoms with Gasteiger partial charge in [-0.25, -0.2) is 9.78 Å². The first-order valence-corrected chi connectivity index (χ1v) is 7.61. The van der Waals surface area contributed by atoms with Crippen LogP contribution in [0.2, 0.25) is 0 Å². The summed E-state index contributed by atoms with van der Waals surface area (Å²) >= 11 is 0. The summed E-state index contributed by atoms with van der Waals surface area (Å²) in [5.41, 5.74) is 0.994. The van der Waals surface area contributed by atoms with Crippen LogP contribution < -0.4 is 0 Å². The molecule has 0 bridgehead atoms. The Morgan fingerprint density at radius 3 is 2.87 bits per heavy atom. The van der Waals surface area contributed by atoms with Gasteiger partial charge < -0.3 is 13.9 Å². The number of esters is 1. The van der Waals surface area contributed by atoms with Crippen LogP contribution in [-0.2, 0) is 20.8 Å². The molecule has 2 heterocycles. The summed E-state index contributed by atoms with van der Waals surface area (Å²) in [5, 5.41) is 0. The van der Waals surface area contributed by atoms with Crippen molar-refractivity contribution >= 4 is 5.97 Å². The predicted molar refractivity (Wildman–Crippen MR) is 83.6 cm³/mol. The molecule has 2 aromatic rings. The molecule has 122 valence electrons. The van der Waals surface area contributed by atoms with Crippen molar-refractivity contribution in [1.29, 1.82) is 0 Å². The van der Waals surface area contributed by atoms with Crippen LogP contribution in [0.25, 0.3) is 11.3 Å². The fourth-order valence-corrected chi connectivity index (χ4v) is 2.74. The fraction of sp³-hybridized carbons (Fsp3) is 0.412. The summed E-state index contributed by atoms with van der Waals surface area (Å²) in [4.78, 5) is 18.1. The molecule has 1 fully saturated rings. The monoisotopic (exact) mass is 316 g/mol. The van der Waals surface area contributed by atoms with Gasteiger partial charge >= 0.3 is 5.97 Å². The maximum absolute atomic E-state index is 11.7. The second-order valence-electron chi connectivity index (χ2n) is 5.64. The van der Waals surface area contributed by atoms with E-state index in [4.69, 9.17) is 13.9 Å². The number of nitrogens with zero attached hydrogens (tertiary/aromatic N) is 2. The van der Waals surface area contributed by atoms with E-state index in [9.17, 15) is 4.79 Å². The molecule has 0 aliphatic carbocycles. The van der Waals surface area contributed by atoms with Crippen LogP contribution in [0.4, 0.5) is 0 Å². The van der Waals surface area contributed by atoms with Crippen molar-refractivity contribution in [3.05, 3.63) is 42.4 Å². The van der Waals surface area contributed by atoms with Gasteiger partial charge in [0, 0.05) is 18.7 Å². The van der Waals surface area contributed by atoms with Crippen LogP contribution in [0.15, 0.2) is 40.9 Å². The molecule has 1 aliphatic rings. The van der Waals surface area contributed by atoms with Crippen molar-refractivity contribution < 1.29 is 18.7 Å². The largest absolute Gasteiger partial charge is 0.467 e. The minimum atomic E-state index is -0.563. The number of methoxy groups -OCH3 is 1. The van der Waals surface area contributed by atoms with E-state index in [0.717, 1.165) is 17.9 Å². The number of rotatable bonds is 4. The highest BCUT2D eigenvalue weighted by Crippen LogP contribution is 2.21. The van der Waals surface area contributed by atoms with Crippen LogP contribution in [0.3, 0.4) is 0 Å². The molecule has 0 radical (unpaired) electrons. The number of aromatic nitrogens is 1. The van der Waals surface area contributed by atoms with E-state index in [1.54, 1.807) is 6.20 Å². The second-order valence-corrected chi connectivity index (χ2v) is 5.64. The van der Waals surface area contributed by atoms with Crippen molar-refractivity contribution in [3.63, 3.8) is 0 Å². The molecule has 1 aromatic heterocycles. The molecule has 1 saturated heterocycles. The number of ether oxygens (including phenoxy) is 2. The molecule has 0 spiro atoms. The minimum absolute atomic E-state index is 0.0450. The molecule has 1 aromatic carbocycles. The van der Waals surface area contributed by atoms with E-state index < -0.39 is 6.10 Å². The lowest BCUT2D eigenvalue weighted by Gasteiger charge is -2.34. The molecule has 0 unspecified atom stereocenters. The molecular weight excluding hydrogens is 296 g/mol. The average Bonchev–Trinajstić information content (AvgIpc) is 3.03. The number of carbonyl (C=O) groups excluding carboxylic acids is 1. The fourth-order valence-electron chi connectivity index (χ4n) is 2.74. The van der Waals surface area contributed by atoms with E-state index in [-0.39, 0.29) is 12.1 Å². The highest BCUT2D eigenvalue weighted by Gasteiger charge is 2.31. The summed E-state index contributed by atoms with van der Waals surface area (Å²) in [6.45, 7) is 3.66. The molecule has 0 N–H and O–H groups in total. The zero-order valence-corrected chi connectivity index (χ0v) is 13.3. The Morgan fingerprint density at radius 1 is 1.35 bits per heavy atom. The van der Waals surface area contributed by atoms with Gasteiger partial charge in [0.25, 0.3) is 0 Å². The molecule has 23 heavy (non-hydrogen) atoms. The quantitative estimate of drug-likeness (QED) is 0.805. The minimum Gasteiger partial charge on any atom is -0.467 e. The third kappa shape index (κ3) is 3.78. The van der Waals surface area contributed by atoms with E-state index in [0.29, 0.717) is 19.0 Å². The highest BCUT2D eigenvalue weighted by atomic mass is 16.6. The Balaban J connectivity index is 1.67. The Hall–Kier alpha value is -2.18. The normalized spacial score (nSPS) is 22.0. The smallest absolute Gasteiger partial charge is 0.336 e. The third-order valence-corrected chi connectivity index (χ3v) is 3.77. The van der Waals surface area contributed by atoms with E-state index in [1.807, 2.05) is 37.3 Å². The third-order valence-electron chi connectivity index (χ3n) is 3.77. The Labute approximate surface area is 135 Å². The Morgan fingerprint density at radius 2 is 2.13 bits per heavy atom. The number of hydrogen-bond donors (Lipinski definition) is 0. The van der Waals surface area contributed by atoms with Crippen molar-refractivity contribution in [3.8, 4) is 11.3 Å². The van der Waals surface area contributed by atoms with Gasteiger partial charge in [-0.15, -0.1) is 0 Å². The van der Waals surface area contributed by atoms with Crippen molar-refractivity contribution in [2.75, 3.05) is 20.2 Å². The maximum atomic E-state index is 11.7. The standard InChI is InChI=1S/C17H20N2O4/c1-12-9-19(10-15(22-12)17(20)21-2)11-16-18-8-14(23-16)13-6-4-3-5-7-13/h3-8,12,15H,9-11H2,1-2H3/t12-,15-/m1/s1. The van der Waals surface area contributed by atoms with Crippen molar-refractivity contribution in [1.82, 2.24) is 9.88 Å². The molecule has 3 rings (SSSR count). The van der Waals surface area contributed by atoms with Gasteiger partial charge in [-0.05, 0) is 6.92 Å². The molecule has 6 heteroatoms. The van der Waals surface area contributed by atoms with Gasteiger partial charge in [0.1, 0.15) is 0 Å². The van der Waals surface area contributed by atoms with Crippen LogP contribution in [0.5, 0.6) is 0 Å². The van der Waals surface area contributed by atoms with Crippen molar-refractivity contribution in [2.45, 2.75) is 25.7 Å². The summed E-state index contributed by atoms with van der Waals surface area (Å²) < 4.78 is 16.2. The summed E-state index contributed by atoms with van der Waals surface area (Å²) in [6.07, 6.45) is 1.12. The topological polar surface area (TPSA) is 64.8 Å². The van der Waals surface area contributed by atoms with Crippen molar-refractivity contribution in [2.24, 2.45) is 0 Å². The molecule has 0 saturated carbocycles. The SMILES string of the molecule is COC(=O)[C@H]1CN(Cc2ncc(-c3ccccc3)o2)C[C@@H](C)O1. The van der Waals surface area contributed by atoms with Crippen LogP contribution in [0.1, 0.15) is 12.8 Å². The molecule has 0 amide bonds. The van der Waals surface area contributed by atoms with Gasteiger partial charge in [0.2, 0.25) is 5.89 Å². The van der Waals surface area contributed by atoms with Gasteiger partial charge in [-0.2, -0.15) is 0 Å². The number of hydrogen-bond acceptors (Lipinski definition) is 6. The zero-order valence-electron chi connectivity index (χ0n) is 13.3. The lowest BCUT2D eigenvalue weighted by molar-refractivity contribution is -0.166. The summed E-state index contributed by atoms with van der Waals surface area (Å²) in [6, 6.07) is 9.84. The Kier molecular flexibility index (Phi) is 4.73. The first kappa shape index (κ1) is 15.7. The van der Waals surface area contributed by atoms with E-state index in [2.05, 4.69) is 9.88 Å². The van der Waals surface area contributed by atoms with Crippen LogP contribution in [0, 0.1) is 0 Å². The average molecular weight is 316 g/mol. The zero-order chi connectivity index (χ0) is 16.2. The molecule has 2 atom stereocenters. The Bertz CT molecular complexity index is 656. The first-order chi connectivity index (χ1) is 11.2. The second kappa shape index (κ2) is 6.93. The molecule has 1 aliphatic heterocycles. The molecule has 6 nitrogen and oxygen atoms in total.